The molecule has 0 aromatic heterocycles. The predicted octanol–water partition coefficient (Wildman–Crippen LogP) is 4.70. The molecule has 152 valence electrons. The van der Waals surface area contributed by atoms with Gasteiger partial charge in [0.1, 0.15) is 6.61 Å². The fourth-order valence-corrected chi connectivity index (χ4v) is 3.13. The quantitative estimate of drug-likeness (QED) is 0.556. The van der Waals surface area contributed by atoms with Crippen LogP contribution in [0, 0.1) is 12.3 Å². The number of carbonyl (C=O) groups excluding carboxylic acids is 1. The van der Waals surface area contributed by atoms with Gasteiger partial charge in [-0.25, -0.2) is 0 Å². The number of methoxy groups -OCH3 is 2. The molecule has 1 amide bonds. The minimum absolute atomic E-state index is 0.0321. The molecule has 0 aliphatic heterocycles. The molecule has 3 rings (SSSR count). The van der Waals surface area contributed by atoms with Gasteiger partial charge in [-0.3, -0.25) is 4.79 Å². The number of hydrogen-bond acceptors (Lipinski definition) is 4. The van der Waals surface area contributed by atoms with Crippen molar-refractivity contribution in [1.82, 2.24) is 0 Å². The van der Waals surface area contributed by atoms with Crippen LogP contribution >= 0.6 is 0 Å². The molecule has 0 radical (unpaired) electrons. The lowest BCUT2D eigenvalue weighted by Crippen LogP contribution is -2.24. The summed E-state index contributed by atoms with van der Waals surface area (Å²) in [6, 6.07) is 22.4. The summed E-state index contributed by atoms with van der Waals surface area (Å²) in [5.74, 6) is 3.36. The van der Waals surface area contributed by atoms with Crippen molar-refractivity contribution in [2.24, 2.45) is 0 Å². The van der Waals surface area contributed by atoms with E-state index in [0.29, 0.717) is 17.2 Å². The number of rotatable bonds is 8. The molecule has 3 aromatic rings. The minimum atomic E-state index is -0.819. The standard InChI is InChI=1S/C25H23NO4/c1-4-16-30-24(18-10-6-5-7-11-18)25(27)26-21-13-9-8-12-20(21)19-14-15-22(28-2)23(17-19)29-3/h1,5-15,17,24H,16H2,2-3H3,(H,26,27). The highest BCUT2D eigenvalue weighted by molar-refractivity contribution is 5.98. The summed E-state index contributed by atoms with van der Waals surface area (Å²) in [5.41, 5.74) is 3.11. The highest BCUT2D eigenvalue weighted by Crippen LogP contribution is 2.35. The van der Waals surface area contributed by atoms with E-state index >= 15 is 0 Å². The molecule has 30 heavy (non-hydrogen) atoms. The average molecular weight is 401 g/mol. The maximum atomic E-state index is 13.1. The maximum absolute atomic E-state index is 13.1. The molecule has 5 heteroatoms. The predicted molar refractivity (Wildman–Crippen MR) is 118 cm³/mol. The van der Waals surface area contributed by atoms with Crippen LogP contribution in [0.25, 0.3) is 11.1 Å². The first-order valence-electron chi connectivity index (χ1n) is 9.40. The molecule has 0 aliphatic rings. The van der Waals surface area contributed by atoms with Crippen molar-refractivity contribution < 1.29 is 19.0 Å². The van der Waals surface area contributed by atoms with Crippen molar-refractivity contribution in [2.75, 3.05) is 26.1 Å². The fraction of sp³-hybridized carbons (Fsp3) is 0.160. The number of ether oxygens (including phenoxy) is 3. The van der Waals surface area contributed by atoms with Gasteiger partial charge in [-0.2, -0.15) is 0 Å². The van der Waals surface area contributed by atoms with Crippen LogP contribution in [0.5, 0.6) is 11.5 Å². The van der Waals surface area contributed by atoms with E-state index in [9.17, 15) is 4.79 Å². The molecule has 3 aromatic carbocycles. The van der Waals surface area contributed by atoms with Gasteiger partial charge in [-0.15, -0.1) is 6.42 Å². The van der Waals surface area contributed by atoms with Crippen molar-refractivity contribution in [1.29, 1.82) is 0 Å². The smallest absolute Gasteiger partial charge is 0.258 e. The van der Waals surface area contributed by atoms with Gasteiger partial charge >= 0.3 is 0 Å². The number of anilines is 1. The molecule has 0 fully saturated rings. The molecule has 0 bridgehead atoms. The summed E-state index contributed by atoms with van der Waals surface area (Å²) in [5, 5.41) is 2.98. The normalized spacial score (nSPS) is 11.2. The van der Waals surface area contributed by atoms with Crippen molar-refractivity contribution in [3.05, 3.63) is 78.4 Å². The molecule has 0 aliphatic carbocycles. The molecular weight excluding hydrogens is 378 g/mol. The topological polar surface area (TPSA) is 56.8 Å². The summed E-state index contributed by atoms with van der Waals surface area (Å²) >= 11 is 0. The van der Waals surface area contributed by atoms with Crippen molar-refractivity contribution in [3.63, 3.8) is 0 Å². The van der Waals surface area contributed by atoms with Crippen molar-refractivity contribution >= 4 is 11.6 Å². The zero-order chi connectivity index (χ0) is 21.3. The average Bonchev–Trinajstić information content (AvgIpc) is 2.80. The minimum Gasteiger partial charge on any atom is -0.493 e. The number of para-hydroxylation sites is 1. The van der Waals surface area contributed by atoms with Gasteiger partial charge in [0, 0.05) is 11.3 Å². The van der Waals surface area contributed by atoms with E-state index in [0.717, 1.165) is 16.7 Å². The molecule has 1 atom stereocenters. The van der Waals surface area contributed by atoms with E-state index in [1.807, 2.05) is 72.8 Å². The van der Waals surface area contributed by atoms with Crippen LogP contribution in [0.2, 0.25) is 0 Å². The van der Waals surface area contributed by atoms with Gasteiger partial charge < -0.3 is 19.5 Å². The van der Waals surface area contributed by atoms with Gasteiger partial charge in [0.05, 0.1) is 14.2 Å². The molecule has 0 saturated carbocycles. The second-order valence-corrected chi connectivity index (χ2v) is 6.41. The van der Waals surface area contributed by atoms with Gasteiger partial charge in [0.15, 0.2) is 17.6 Å². The molecule has 1 N–H and O–H groups in total. The zero-order valence-electron chi connectivity index (χ0n) is 16.9. The Bertz CT molecular complexity index is 1040. The molecular formula is C25H23NO4. The number of carbonyl (C=O) groups is 1. The molecule has 0 spiro atoms. The van der Waals surface area contributed by atoms with Crippen LogP contribution in [-0.4, -0.2) is 26.7 Å². The van der Waals surface area contributed by atoms with Crippen LogP contribution < -0.4 is 14.8 Å². The Hall–Kier alpha value is -3.75. The number of hydrogen-bond donors (Lipinski definition) is 1. The number of benzene rings is 3. The first-order valence-corrected chi connectivity index (χ1v) is 9.40. The summed E-state index contributed by atoms with van der Waals surface area (Å²) in [6.07, 6.45) is 4.51. The summed E-state index contributed by atoms with van der Waals surface area (Å²) < 4.78 is 16.4. The van der Waals surface area contributed by atoms with Gasteiger partial charge in [-0.05, 0) is 29.3 Å². The second-order valence-electron chi connectivity index (χ2n) is 6.41. The van der Waals surface area contributed by atoms with Crippen LogP contribution in [0.3, 0.4) is 0 Å². The van der Waals surface area contributed by atoms with Crippen LogP contribution in [-0.2, 0) is 9.53 Å². The van der Waals surface area contributed by atoms with Gasteiger partial charge in [0.2, 0.25) is 0 Å². The van der Waals surface area contributed by atoms with Crippen LogP contribution in [0.15, 0.2) is 72.8 Å². The summed E-state index contributed by atoms with van der Waals surface area (Å²) in [6.45, 7) is 0.0321. The molecule has 1 unspecified atom stereocenters. The van der Waals surface area contributed by atoms with E-state index in [1.165, 1.54) is 0 Å². The second kappa shape index (κ2) is 10.1. The Labute approximate surface area is 176 Å². The number of nitrogens with one attached hydrogen (secondary N) is 1. The molecule has 0 heterocycles. The highest BCUT2D eigenvalue weighted by atomic mass is 16.5. The van der Waals surface area contributed by atoms with Gasteiger partial charge in [0.25, 0.3) is 5.91 Å². The number of terminal acetylenes is 1. The first-order chi connectivity index (χ1) is 14.7. The first kappa shape index (κ1) is 21.0. The monoisotopic (exact) mass is 401 g/mol. The fourth-order valence-electron chi connectivity index (χ4n) is 3.13. The SMILES string of the molecule is C#CCOC(C(=O)Nc1ccccc1-c1ccc(OC)c(OC)c1)c1ccccc1. The van der Waals surface area contributed by atoms with Gasteiger partial charge in [-0.1, -0.05) is 60.5 Å². The third-order valence-corrected chi connectivity index (χ3v) is 4.55. The Morgan fingerprint density at radius 3 is 2.37 bits per heavy atom. The van der Waals surface area contributed by atoms with E-state index < -0.39 is 6.10 Å². The lowest BCUT2D eigenvalue weighted by atomic mass is 10.0. The number of amides is 1. The third-order valence-electron chi connectivity index (χ3n) is 4.55. The van der Waals surface area contributed by atoms with Crippen molar-refractivity contribution in [3.8, 4) is 35.0 Å². The Kier molecular flexibility index (Phi) is 7.09. The Balaban J connectivity index is 1.92. The third kappa shape index (κ3) is 4.80. The van der Waals surface area contributed by atoms with E-state index in [-0.39, 0.29) is 12.5 Å². The lowest BCUT2D eigenvalue weighted by molar-refractivity contribution is -0.126. The summed E-state index contributed by atoms with van der Waals surface area (Å²) in [7, 11) is 3.17. The van der Waals surface area contributed by atoms with E-state index in [4.69, 9.17) is 20.6 Å². The van der Waals surface area contributed by atoms with Crippen LogP contribution in [0.1, 0.15) is 11.7 Å². The van der Waals surface area contributed by atoms with Crippen molar-refractivity contribution in [2.45, 2.75) is 6.10 Å². The van der Waals surface area contributed by atoms with E-state index in [2.05, 4.69) is 11.2 Å². The largest absolute Gasteiger partial charge is 0.493 e. The van der Waals surface area contributed by atoms with Crippen LogP contribution in [0.4, 0.5) is 5.69 Å². The maximum Gasteiger partial charge on any atom is 0.258 e. The lowest BCUT2D eigenvalue weighted by Gasteiger charge is -2.19. The van der Waals surface area contributed by atoms with E-state index in [1.54, 1.807) is 14.2 Å². The Morgan fingerprint density at radius 2 is 1.67 bits per heavy atom. The summed E-state index contributed by atoms with van der Waals surface area (Å²) in [4.78, 5) is 13.1. The highest BCUT2D eigenvalue weighted by Gasteiger charge is 2.22. The molecule has 0 saturated heterocycles. The Morgan fingerprint density at radius 1 is 0.967 bits per heavy atom. The zero-order valence-corrected chi connectivity index (χ0v) is 16.9. The molecule has 5 nitrogen and oxygen atoms in total.